The van der Waals surface area contributed by atoms with Gasteiger partial charge < -0.3 is 10.6 Å². The minimum atomic E-state index is -0.218. The highest BCUT2D eigenvalue weighted by Crippen LogP contribution is 2.15. The van der Waals surface area contributed by atoms with E-state index in [2.05, 4.69) is 27.9 Å². The summed E-state index contributed by atoms with van der Waals surface area (Å²) >= 11 is 5.96. The van der Waals surface area contributed by atoms with Gasteiger partial charge in [-0.2, -0.15) is 5.10 Å². The van der Waals surface area contributed by atoms with Crippen LogP contribution in [-0.2, 0) is 19.6 Å². The van der Waals surface area contributed by atoms with Crippen molar-refractivity contribution in [1.82, 2.24) is 20.4 Å². The maximum absolute atomic E-state index is 12.1. The molecule has 6 heteroatoms. The van der Waals surface area contributed by atoms with E-state index >= 15 is 0 Å². The molecule has 0 unspecified atom stereocenters. The maximum atomic E-state index is 12.1. The first-order valence-electron chi connectivity index (χ1n) is 8.86. The highest BCUT2D eigenvalue weighted by molar-refractivity contribution is 6.30. The van der Waals surface area contributed by atoms with Gasteiger partial charge in [-0.3, -0.25) is 4.68 Å². The van der Waals surface area contributed by atoms with E-state index in [0.717, 1.165) is 22.5 Å². The van der Waals surface area contributed by atoms with Crippen molar-refractivity contribution >= 4 is 17.6 Å². The van der Waals surface area contributed by atoms with Crippen LogP contribution in [0.15, 0.2) is 54.6 Å². The Kier molecular flexibility index (Phi) is 6.14. The number of nitrogens with one attached hydrogen (secondary N) is 2. The highest BCUT2D eigenvalue weighted by Gasteiger charge is 2.12. The van der Waals surface area contributed by atoms with Crippen molar-refractivity contribution in [2.75, 3.05) is 0 Å². The average Bonchev–Trinajstić information content (AvgIpc) is 2.92. The molecular formula is C21H23ClN4O. The summed E-state index contributed by atoms with van der Waals surface area (Å²) < 4.78 is 1.98. The minimum absolute atomic E-state index is 0.218. The Balaban J connectivity index is 1.56. The summed E-state index contributed by atoms with van der Waals surface area (Å²) in [6, 6.07) is 17.4. The molecule has 0 fully saturated rings. The number of nitrogens with zero attached hydrogens (tertiary/aromatic N) is 2. The second-order valence-corrected chi connectivity index (χ2v) is 6.90. The van der Waals surface area contributed by atoms with E-state index in [1.165, 1.54) is 5.56 Å². The van der Waals surface area contributed by atoms with Crippen LogP contribution in [0.2, 0.25) is 5.02 Å². The Morgan fingerprint density at radius 1 is 1.00 bits per heavy atom. The molecule has 2 N–H and O–H groups in total. The van der Waals surface area contributed by atoms with Gasteiger partial charge in [-0.25, -0.2) is 4.79 Å². The molecule has 3 aromatic rings. The molecule has 0 aliphatic carbocycles. The fraction of sp³-hybridized carbons (Fsp3) is 0.238. The number of amides is 2. The average molecular weight is 383 g/mol. The first-order valence-corrected chi connectivity index (χ1v) is 9.23. The minimum Gasteiger partial charge on any atom is -0.334 e. The van der Waals surface area contributed by atoms with Gasteiger partial charge in [0, 0.05) is 29.4 Å². The SMILES string of the molecule is Cc1nn(Cc2ccccc2)c(C)c1CNC(=O)NCc1cccc(Cl)c1. The van der Waals surface area contributed by atoms with Gasteiger partial charge in [0.05, 0.1) is 12.2 Å². The van der Waals surface area contributed by atoms with Crippen LogP contribution >= 0.6 is 11.6 Å². The van der Waals surface area contributed by atoms with E-state index in [-0.39, 0.29) is 6.03 Å². The van der Waals surface area contributed by atoms with Crippen molar-refractivity contribution in [3.05, 3.63) is 87.7 Å². The zero-order valence-electron chi connectivity index (χ0n) is 15.5. The van der Waals surface area contributed by atoms with E-state index in [1.54, 1.807) is 0 Å². The third-order valence-corrected chi connectivity index (χ3v) is 4.71. The lowest BCUT2D eigenvalue weighted by atomic mass is 10.2. The monoisotopic (exact) mass is 382 g/mol. The topological polar surface area (TPSA) is 59.0 Å². The molecule has 2 aromatic carbocycles. The van der Waals surface area contributed by atoms with Crippen molar-refractivity contribution in [3.8, 4) is 0 Å². The number of aryl methyl sites for hydroxylation is 1. The van der Waals surface area contributed by atoms with Crippen molar-refractivity contribution in [2.45, 2.75) is 33.5 Å². The highest BCUT2D eigenvalue weighted by atomic mass is 35.5. The number of benzene rings is 2. The molecule has 5 nitrogen and oxygen atoms in total. The molecule has 0 aliphatic rings. The Labute approximate surface area is 164 Å². The molecule has 2 amide bonds. The van der Waals surface area contributed by atoms with E-state index < -0.39 is 0 Å². The third kappa shape index (κ3) is 5.11. The predicted molar refractivity (Wildman–Crippen MR) is 108 cm³/mol. The predicted octanol–water partition coefficient (Wildman–Crippen LogP) is 4.20. The normalized spacial score (nSPS) is 10.6. The number of hydrogen-bond donors (Lipinski definition) is 2. The number of carbonyl (C=O) groups is 1. The summed E-state index contributed by atoms with van der Waals surface area (Å²) in [5.41, 5.74) is 5.19. The maximum Gasteiger partial charge on any atom is 0.315 e. The third-order valence-electron chi connectivity index (χ3n) is 4.47. The standard InChI is InChI=1S/C21H23ClN4O/c1-15-20(16(2)26(25-15)14-17-7-4-3-5-8-17)13-24-21(27)23-12-18-9-6-10-19(22)11-18/h3-11H,12-14H2,1-2H3,(H2,23,24,27). The molecule has 0 radical (unpaired) electrons. The van der Waals surface area contributed by atoms with Crippen LogP contribution in [0.25, 0.3) is 0 Å². The van der Waals surface area contributed by atoms with Crippen molar-refractivity contribution in [2.24, 2.45) is 0 Å². The van der Waals surface area contributed by atoms with Gasteiger partial charge >= 0.3 is 6.03 Å². The quantitative estimate of drug-likeness (QED) is 0.671. The lowest BCUT2D eigenvalue weighted by molar-refractivity contribution is 0.240. The van der Waals surface area contributed by atoms with Crippen LogP contribution in [0.4, 0.5) is 4.79 Å². The van der Waals surface area contributed by atoms with Crippen LogP contribution in [0, 0.1) is 13.8 Å². The summed E-state index contributed by atoms with van der Waals surface area (Å²) in [5.74, 6) is 0. The van der Waals surface area contributed by atoms with Gasteiger partial charge in [0.15, 0.2) is 0 Å². The molecule has 0 atom stereocenters. The Morgan fingerprint density at radius 3 is 2.44 bits per heavy atom. The summed E-state index contributed by atoms with van der Waals surface area (Å²) in [4.78, 5) is 12.1. The molecule has 1 heterocycles. The van der Waals surface area contributed by atoms with Crippen molar-refractivity contribution < 1.29 is 4.79 Å². The fourth-order valence-corrected chi connectivity index (χ4v) is 3.17. The zero-order chi connectivity index (χ0) is 19.2. The number of carbonyl (C=O) groups excluding carboxylic acids is 1. The van der Waals surface area contributed by atoms with Crippen LogP contribution in [-0.4, -0.2) is 15.8 Å². The number of aromatic nitrogens is 2. The van der Waals surface area contributed by atoms with Crippen LogP contribution in [0.5, 0.6) is 0 Å². The molecule has 0 saturated heterocycles. The van der Waals surface area contributed by atoms with Gasteiger partial charge in [-0.05, 0) is 37.1 Å². The van der Waals surface area contributed by atoms with Crippen LogP contribution in [0.1, 0.15) is 28.1 Å². The second-order valence-electron chi connectivity index (χ2n) is 6.46. The number of hydrogen-bond acceptors (Lipinski definition) is 2. The molecule has 1 aromatic heterocycles. The number of urea groups is 1. The van der Waals surface area contributed by atoms with Crippen molar-refractivity contribution in [3.63, 3.8) is 0 Å². The van der Waals surface area contributed by atoms with Crippen LogP contribution < -0.4 is 10.6 Å². The van der Waals surface area contributed by atoms with E-state index in [4.69, 9.17) is 11.6 Å². The lowest BCUT2D eigenvalue weighted by Gasteiger charge is -2.09. The zero-order valence-corrected chi connectivity index (χ0v) is 16.3. The van der Waals surface area contributed by atoms with E-state index in [0.29, 0.717) is 24.7 Å². The second kappa shape index (κ2) is 8.73. The van der Waals surface area contributed by atoms with Crippen molar-refractivity contribution in [1.29, 1.82) is 0 Å². The Bertz CT molecular complexity index is 921. The molecule has 0 bridgehead atoms. The van der Waals surface area contributed by atoms with Crippen LogP contribution in [0.3, 0.4) is 0 Å². The van der Waals surface area contributed by atoms with Gasteiger partial charge in [0.2, 0.25) is 0 Å². The lowest BCUT2D eigenvalue weighted by Crippen LogP contribution is -2.34. The molecule has 140 valence electrons. The summed E-state index contributed by atoms with van der Waals surface area (Å²) in [6.45, 7) is 5.58. The molecule has 0 aliphatic heterocycles. The molecule has 3 rings (SSSR count). The van der Waals surface area contributed by atoms with E-state index in [9.17, 15) is 4.79 Å². The number of rotatable bonds is 6. The molecule has 0 saturated carbocycles. The summed E-state index contributed by atoms with van der Waals surface area (Å²) in [7, 11) is 0. The molecule has 0 spiro atoms. The molecule has 27 heavy (non-hydrogen) atoms. The Hall–Kier alpha value is -2.79. The van der Waals surface area contributed by atoms with E-state index in [1.807, 2.05) is 61.0 Å². The van der Waals surface area contributed by atoms with Gasteiger partial charge in [0.1, 0.15) is 0 Å². The first kappa shape index (κ1) is 19.0. The largest absolute Gasteiger partial charge is 0.334 e. The Morgan fingerprint density at radius 2 is 1.70 bits per heavy atom. The first-order chi connectivity index (χ1) is 13.0. The summed E-state index contributed by atoms with van der Waals surface area (Å²) in [6.07, 6.45) is 0. The smallest absolute Gasteiger partial charge is 0.315 e. The van der Waals surface area contributed by atoms with Gasteiger partial charge in [0.25, 0.3) is 0 Å². The number of halogens is 1. The fourth-order valence-electron chi connectivity index (χ4n) is 2.96. The summed E-state index contributed by atoms with van der Waals surface area (Å²) in [5, 5.41) is 11.0. The van der Waals surface area contributed by atoms with Gasteiger partial charge in [-0.1, -0.05) is 54.1 Å². The van der Waals surface area contributed by atoms with Gasteiger partial charge in [-0.15, -0.1) is 0 Å². The molecular weight excluding hydrogens is 360 g/mol.